The van der Waals surface area contributed by atoms with E-state index < -0.39 is 0 Å². The Balaban J connectivity index is 1.81. The van der Waals surface area contributed by atoms with Crippen LogP contribution in [0.4, 0.5) is 11.4 Å². The Labute approximate surface area is 117 Å². The minimum Gasteiger partial charge on any atom is -0.508 e. The molecule has 0 bridgehead atoms. The topological polar surface area (TPSA) is 61.4 Å². The van der Waals surface area contributed by atoms with E-state index >= 15 is 0 Å². The van der Waals surface area contributed by atoms with E-state index in [1.807, 2.05) is 37.3 Å². The number of rotatable bonds is 2. The van der Waals surface area contributed by atoms with Crippen molar-refractivity contribution in [2.45, 2.75) is 19.4 Å². The fourth-order valence-corrected chi connectivity index (χ4v) is 2.37. The van der Waals surface area contributed by atoms with Crippen LogP contribution in [0.2, 0.25) is 0 Å². The molecular formula is C16H16N2O2. The third-order valence-corrected chi connectivity index (χ3v) is 3.46. The van der Waals surface area contributed by atoms with E-state index in [9.17, 15) is 9.90 Å². The summed E-state index contributed by atoms with van der Waals surface area (Å²) in [5.74, 6) is 0.199. The van der Waals surface area contributed by atoms with Gasteiger partial charge in [0.1, 0.15) is 11.8 Å². The highest BCUT2D eigenvalue weighted by Gasteiger charge is 2.25. The number of nitrogens with one attached hydrogen (secondary N) is 2. The largest absolute Gasteiger partial charge is 0.508 e. The van der Waals surface area contributed by atoms with Gasteiger partial charge in [-0.15, -0.1) is 0 Å². The molecule has 4 heteroatoms. The van der Waals surface area contributed by atoms with Crippen LogP contribution in [0, 0.1) is 6.92 Å². The van der Waals surface area contributed by atoms with Crippen LogP contribution in [-0.4, -0.2) is 17.1 Å². The molecule has 2 aromatic carbocycles. The quantitative estimate of drug-likeness (QED) is 0.784. The monoisotopic (exact) mass is 268 g/mol. The van der Waals surface area contributed by atoms with E-state index in [1.54, 1.807) is 12.1 Å². The summed E-state index contributed by atoms with van der Waals surface area (Å²) < 4.78 is 0. The first-order chi connectivity index (χ1) is 9.61. The Bertz CT molecular complexity index is 650. The van der Waals surface area contributed by atoms with E-state index in [2.05, 4.69) is 10.6 Å². The average Bonchev–Trinajstić information content (AvgIpc) is 2.42. The Morgan fingerprint density at radius 2 is 1.85 bits per heavy atom. The third-order valence-electron chi connectivity index (χ3n) is 3.46. The van der Waals surface area contributed by atoms with Crippen molar-refractivity contribution in [1.29, 1.82) is 0 Å². The van der Waals surface area contributed by atoms with Crippen molar-refractivity contribution in [2.24, 2.45) is 0 Å². The maximum atomic E-state index is 12.1. The van der Waals surface area contributed by atoms with Crippen LogP contribution in [0.3, 0.4) is 0 Å². The Morgan fingerprint density at radius 3 is 2.60 bits per heavy atom. The molecule has 3 rings (SSSR count). The lowest BCUT2D eigenvalue weighted by molar-refractivity contribution is -0.117. The number of amides is 1. The number of carbonyl (C=O) groups excluding carboxylic acids is 1. The van der Waals surface area contributed by atoms with Crippen LogP contribution < -0.4 is 10.6 Å². The normalized spacial score (nSPS) is 17.1. The highest BCUT2D eigenvalue weighted by Crippen LogP contribution is 2.28. The molecule has 20 heavy (non-hydrogen) atoms. The minimum atomic E-state index is -0.297. The van der Waals surface area contributed by atoms with Crippen molar-refractivity contribution in [3.63, 3.8) is 0 Å². The van der Waals surface area contributed by atoms with Gasteiger partial charge < -0.3 is 15.7 Å². The number of anilines is 2. The van der Waals surface area contributed by atoms with Gasteiger partial charge >= 0.3 is 0 Å². The van der Waals surface area contributed by atoms with Gasteiger partial charge in [0.2, 0.25) is 5.91 Å². The molecule has 0 aliphatic carbocycles. The molecule has 1 amide bonds. The summed E-state index contributed by atoms with van der Waals surface area (Å²) in [6.07, 6.45) is 0.583. The predicted molar refractivity (Wildman–Crippen MR) is 79.0 cm³/mol. The molecule has 4 nitrogen and oxygen atoms in total. The number of hydrogen-bond acceptors (Lipinski definition) is 3. The fourth-order valence-electron chi connectivity index (χ4n) is 2.37. The number of carbonyl (C=O) groups is 1. The van der Waals surface area contributed by atoms with Gasteiger partial charge in [0.05, 0.1) is 11.4 Å². The molecular weight excluding hydrogens is 252 g/mol. The minimum absolute atomic E-state index is 0.0329. The van der Waals surface area contributed by atoms with Gasteiger partial charge in [-0.2, -0.15) is 0 Å². The number of phenols is 1. The van der Waals surface area contributed by atoms with Crippen LogP contribution in [0.1, 0.15) is 11.1 Å². The molecule has 0 aromatic heterocycles. The lowest BCUT2D eigenvalue weighted by Gasteiger charge is -2.27. The summed E-state index contributed by atoms with van der Waals surface area (Å²) in [5, 5.41) is 15.5. The zero-order valence-electron chi connectivity index (χ0n) is 11.2. The van der Waals surface area contributed by atoms with E-state index in [4.69, 9.17) is 0 Å². The average molecular weight is 268 g/mol. The van der Waals surface area contributed by atoms with Crippen LogP contribution in [0.5, 0.6) is 5.75 Å². The van der Waals surface area contributed by atoms with E-state index in [1.165, 1.54) is 0 Å². The highest BCUT2D eigenvalue weighted by molar-refractivity contribution is 6.03. The summed E-state index contributed by atoms with van der Waals surface area (Å²) in [6, 6.07) is 12.5. The van der Waals surface area contributed by atoms with Gasteiger partial charge in [-0.25, -0.2) is 0 Å². The van der Waals surface area contributed by atoms with Crippen LogP contribution in [0.25, 0.3) is 0 Å². The summed E-state index contributed by atoms with van der Waals surface area (Å²) in [4.78, 5) is 12.1. The molecule has 1 atom stereocenters. The molecule has 1 aliphatic rings. The van der Waals surface area contributed by atoms with Crippen molar-refractivity contribution in [3.05, 3.63) is 53.6 Å². The van der Waals surface area contributed by atoms with Gasteiger partial charge in [0.25, 0.3) is 0 Å². The Morgan fingerprint density at radius 1 is 1.10 bits per heavy atom. The van der Waals surface area contributed by atoms with Crippen molar-refractivity contribution in [2.75, 3.05) is 10.6 Å². The third kappa shape index (κ3) is 2.45. The SMILES string of the molecule is Cc1ccc2c(c1)NC(Cc1ccc(O)cc1)C(=O)N2. The van der Waals surface area contributed by atoms with Crippen LogP contribution in [-0.2, 0) is 11.2 Å². The van der Waals surface area contributed by atoms with Gasteiger partial charge in [0, 0.05) is 6.42 Å². The maximum absolute atomic E-state index is 12.1. The molecule has 3 N–H and O–H groups in total. The molecule has 0 fully saturated rings. The molecule has 0 saturated carbocycles. The predicted octanol–water partition coefficient (Wildman–Crippen LogP) is 2.68. The molecule has 0 radical (unpaired) electrons. The number of aromatic hydroxyl groups is 1. The maximum Gasteiger partial charge on any atom is 0.247 e. The van der Waals surface area contributed by atoms with Crippen molar-refractivity contribution >= 4 is 17.3 Å². The Hall–Kier alpha value is -2.49. The summed E-state index contributed by atoms with van der Waals surface area (Å²) in [5.41, 5.74) is 3.93. The van der Waals surface area contributed by atoms with E-state index in [0.717, 1.165) is 22.5 Å². The lowest BCUT2D eigenvalue weighted by Crippen LogP contribution is -2.40. The lowest BCUT2D eigenvalue weighted by atomic mass is 10.0. The Kier molecular flexibility index (Phi) is 3.06. The molecule has 1 aliphatic heterocycles. The van der Waals surface area contributed by atoms with Crippen molar-refractivity contribution in [3.8, 4) is 5.75 Å². The van der Waals surface area contributed by atoms with Crippen molar-refractivity contribution in [1.82, 2.24) is 0 Å². The summed E-state index contributed by atoms with van der Waals surface area (Å²) >= 11 is 0. The second-order valence-corrected chi connectivity index (χ2v) is 5.11. The van der Waals surface area contributed by atoms with Gasteiger partial charge in [-0.05, 0) is 42.3 Å². The van der Waals surface area contributed by atoms with E-state index in [-0.39, 0.29) is 17.7 Å². The zero-order chi connectivity index (χ0) is 14.1. The molecule has 0 spiro atoms. The summed E-state index contributed by atoms with van der Waals surface area (Å²) in [6.45, 7) is 2.02. The molecule has 102 valence electrons. The highest BCUT2D eigenvalue weighted by atomic mass is 16.3. The van der Waals surface area contributed by atoms with E-state index in [0.29, 0.717) is 6.42 Å². The van der Waals surface area contributed by atoms with Crippen LogP contribution >= 0.6 is 0 Å². The summed E-state index contributed by atoms with van der Waals surface area (Å²) in [7, 11) is 0. The fraction of sp³-hybridized carbons (Fsp3) is 0.188. The van der Waals surface area contributed by atoms with Gasteiger partial charge in [-0.1, -0.05) is 18.2 Å². The van der Waals surface area contributed by atoms with Gasteiger partial charge in [0.15, 0.2) is 0 Å². The first-order valence-electron chi connectivity index (χ1n) is 6.58. The first kappa shape index (κ1) is 12.5. The number of aryl methyl sites for hydroxylation is 1. The van der Waals surface area contributed by atoms with Crippen molar-refractivity contribution < 1.29 is 9.90 Å². The second kappa shape index (κ2) is 4.89. The second-order valence-electron chi connectivity index (χ2n) is 5.11. The molecule has 1 heterocycles. The number of hydrogen-bond donors (Lipinski definition) is 3. The first-order valence-corrected chi connectivity index (χ1v) is 6.58. The molecule has 2 aromatic rings. The number of fused-ring (bicyclic) bond motifs is 1. The smallest absolute Gasteiger partial charge is 0.247 e. The molecule has 0 saturated heterocycles. The molecule has 1 unspecified atom stereocenters. The standard InChI is InChI=1S/C16H16N2O2/c1-10-2-7-13-14(8-10)17-15(16(20)18-13)9-11-3-5-12(19)6-4-11/h2-8,15,17,19H,9H2,1H3,(H,18,20). The zero-order valence-corrected chi connectivity index (χ0v) is 11.2. The number of benzene rings is 2. The van der Waals surface area contributed by atoms with Crippen LogP contribution in [0.15, 0.2) is 42.5 Å². The van der Waals surface area contributed by atoms with Gasteiger partial charge in [-0.3, -0.25) is 4.79 Å². The number of phenolic OH excluding ortho intramolecular Hbond substituents is 1.